The number of nitrogens with one attached hydrogen (secondary N) is 2. The van der Waals surface area contributed by atoms with Crippen molar-refractivity contribution >= 4 is 29.7 Å². The lowest BCUT2D eigenvalue weighted by atomic mass is 10.00. The highest BCUT2D eigenvalue weighted by Crippen LogP contribution is 2.25. The highest BCUT2D eigenvalue weighted by molar-refractivity contribution is 7.98. The minimum Gasteiger partial charge on any atom is -0.444 e. The van der Waals surface area contributed by atoms with Gasteiger partial charge in [0.05, 0.1) is 0 Å². The van der Waals surface area contributed by atoms with Gasteiger partial charge in [-0.25, -0.2) is 4.79 Å². The summed E-state index contributed by atoms with van der Waals surface area (Å²) in [6.45, 7) is 10.2. The molecule has 0 saturated carbocycles. The molecule has 2 unspecified atom stereocenters. The molecule has 2 aromatic rings. The van der Waals surface area contributed by atoms with Crippen molar-refractivity contribution in [3.8, 4) is 0 Å². The lowest BCUT2D eigenvalue weighted by Gasteiger charge is -2.34. The molecule has 0 aliphatic heterocycles. The summed E-state index contributed by atoms with van der Waals surface area (Å²) in [6.07, 6.45) is 5.56. The van der Waals surface area contributed by atoms with E-state index in [4.69, 9.17) is 4.74 Å². The van der Waals surface area contributed by atoms with E-state index in [0.717, 1.165) is 42.4 Å². The van der Waals surface area contributed by atoms with Crippen LogP contribution in [0, 0.1) is 6.92 Å². The van der Waals surface area contributed by atoms with E-state index in [9.17, 15) is 14.4 Å². The standard InChI is InChI=1S/C32H47N3O4S/c1-7-8-9-13-21-35(30(37)27(20-22-40-6)34-31(38)39-32(3,4)5)28(26-18-16-24(2)17-19-26)29(36)33-23-25-14-11-10-12-15-25/h10-12,14-19,27-28H,7-9,13,20-23H2,1-6H3,(H,33,36)(H,34,38). The predicted molar refractivity (Wildman–Crippen MR) is 164 cm³/mol. The number of hydrogen-bond acceptors (Lipinski definition) is 5. The zero-order valence-electron chi connectivity index (χ0n) is 25.0. The number of rotatable bonds is 15. The molecule has 7 nitrogen and oxygen atoms in total. The van der Waals surface area contributed by atoms with Gasteiger partial charge in [0.1, 0.15) is 17.7 Å². The van der Waals surface area contributed by atoms with Crippen LogP contribution < -0.4 is 10.6 Å². The fraction of sp³-hybridized carbons (Fsp3) is 0.531. The van der Waals surface area contributed by atoms with E-state index in [-0.39, 0.29) is 11.8 Å². The fourth-order valence-corrected chi connectivity index (χ4v) is 4.79. The summed E-state index contributed by atoms with van der Waals surface area (Å²) in [4.78, 5) is 42.5. The Labute approximate surface area is 244 Å². The normalized spacial score (nSPS) is 12.8. The van der Waals surface area contributed by atoms with E-state index in [2.05, 4.69) is 17.6 Å². The van der Waals surface area contributed by atoms with Crippen LogP contribution in [0.4, 0.5) is 4.79 Å². The first kappa shape index (κ1) is 33.2. The van der Waals surface area contributed by atoms with Crippen molar-refractivity contribution in [1.29, 1.82) is 0 Å². The molecule has 0 radical (unpaired) electrons. The van der Waals surface area contributed by atoms with Gasteiger partial charge in [0, 0.05) is 13.1 Å². The Morgan fingerprint density at radius 1 is 0.975 bits per heavy atom. The molecule has 0 heterocycles. The van der Waals surface area contributed by atoms with Gasteiger partial charge in [-0.3, -0.25) is 9.59 Å². The number of aryl methyl sites for hydroxylation is 1. The molecule has 2 rings (SSSR count). The Kier molecular flexibility index (Phi) is 14.1. The lowest BCUT2D eigenvalue weighted by molar-refractivity contribution is -0.142. The summed E-state index contributed by atoms with van der Waals surface area (Å²) in [7, 11) is 0. The van der Waals surface area contributed by atoms with Gasteiger partial charge in [-0.1, -0.05) is 86.3 Å². The van der Waals surface area contributed by atoms with Crippen molar-refractivity contribution < 1.29 is 19.1 Å². The SMILES string of the molecule is CCCCCCN(C(=O)C(CCSC)NC(=O)OC(C)(C)C)C(C(=O)NCc1ccccc1)c1ccc(C)cc1. The van der Waals surface area contributed by atoms with Crippen LogP contribution in [-0.2, 0) is 20.9 Å². The maximum absolute atomic E-state index is 14.2. The van der Waals surface area contributed by atoms with Gasteiger partial charge in [0.2, 0.25) is 11.8 Å². The lowest BCUT2D eigenvalue weighted by Crippen LogP contribution is -2.53. The molecule has 40 heavy (non-hydrogen) atoms. The first-order chi connectivity index (χ1) is 19.1. The summed E-state index contributed by atoms with van der Waals surface area (Å²) >= 11 is 1.60. The largest absolute Gasteiger partial charge is 0.444 e. The van der Waals surface area contributed by atoms with Crippen LogP contribution in [0.15, 0.2) is 54.6 Å². The van der Waals surface area contributed by atoms with E-state index in [1.54, 1.807) is 37.4 Å². The molecule has 220 valence electrons. The second-order valence-corrected chi connectivity index (χ2v) is 12.1. The number of ether oxygens (including phenoxy) is 1. The van der Waals surface area contributed by atoms with Crippen LogP contribution in [0.3, 0.4) is 0 Å². The van der Waals surface area contributed by atoms with E-state index >= 15 is 0 Å². The molecular weight excluding hydrogens is 522 g/mol. The quantitative estimate of drug-likeness (QED) is 0.242. The van der Waals surface area contributed by atoms with Crippen molar-refractivity contribution in [2.75, 3.05) is 18.6 Å². The second-order valence-electron chi connectivity index (χ2n) is 11.1. The molecule has 3 amide bonds. The number of thioether (sulfide) groups is 1. The second kappa shape index (κ2) is 17.0. The molecule has 0 spiro atoms. The van der Waals surface area contributed by atoms with Gasteiger partial charge in [-0.05, 0) is 63.7 Å². The minimum absolute atomic E-state index is 0.252. The van der Waals surface area contributed by atoms with Crippen molar-refractivity contribution in [3.63, 3.8) is 0 Å². The number of hydrogen-bond donors (Lipinski definition) is 2. The third kappa shape index (κ3) is 11.6. The van der Waals surface area contributed by atoms with E-state index in [0.29, 0.717) is 25.3 Å². The average molecular weight is 570 g/mol. The number of unbranched alkanes of at least 4 members (excludes halogenated alkanes) is 3. The Balaban J connectivity index is 2.44. The molecule has 0 bridgehead atoms. The zero-order chi connectivity index (χ0) is 29.5. The van der Waals surface area contributed by atoms with E-state index in [1.807, 2.05) is 67.8 Å². The van der Waals surface area contributed by atoms with E-state index < -0.39 is 23.8 Å². The highest BCUT2D eigenvalue weighted by Gasteiger charge is 2.35. The van der Waals surface area contributed by atoms with Crippen molar-refractivity contribution in [2.24, 2.45) is 0 Å². The third-order valence-electron chi connectivity index (χ3n) is 6.40. The molecule has 0 aliphatic carbocycles. The minimum atomic E-state index is -0.837. The van der Waals surface area contributed by atoms with Crippen molar-refractivity contribution in [2.45, 2.75) is 91.0 Å². The summed E-state index contributed by atoms with van der Waals surface area (Å²) in [6, 6.07) is 15.8. The summed E-state index contributed by atoms with van der Waals surface area (Å²) in [5.74, 6) is 0.139. The molecule has 2 aromatic carbocycles. The molecular formula is C32H47N3O4S. The number of nitrogens with zero attached hydrogens (tertiary/aromatic N) is 1. The van der Waals surface area contributed by atoms with E-state index in [1.165, 1.54) is 0 Å². The zero-order valence-corrected chi connectivity index (χ0v) is 25.8. The molecule has 0 aromatic heterocycles. The summed E-state index contributed by atoms with van der Waals surface area (Å²) in [5, 5.41) is 5.86. The number of amides is 3. The van der Waals surface area contributed by atoms with Gasteiger partial charge >= 0.3 is 6.09 Å². The monoisotopic (exact) mass is 569 g/mol. The molecule has 2 N–H and O–H groups in total. The fourth-order valence-electron chi connectivity index (χ4n) is 4.32. The van der Waals surface area contributed by atoms with Crippen LogP contribution in [0.25, 0.3) is 0 Å². The molecule has 8 heteroatoms. The number of carbonyl (C=O) groups excluding carboxylic acids is 3. The molecule has 0 aliphatic rings. The number of benzene rings is 2. The summed E-state index contributed by atoms with van der Waals surface area (Å²) < 4.78 is 5.48. The van der Waals surface area contributed by atoms with Crippen molar-refractivity contribution in [3.05, 3.63) is 71.3 Å². The van der Waals surface area contributed by atoms with Gasteiger partial charge in [-0.2, -0.15) is 11.8 Å². The number of carbonyl (C=O) groups is 3. The molecule has 0 fully saturated rings. The van der Waals surface area contributed by atoms with Crippen LogP contribution in [0.2, 0.25) is 0 Å². The average Bonchev–Trinajstić information content (AvgIpc) is 2.91. The van der Waals surface area contributed by atoms with Gasteiger partial charge < -0.3 is 20.3 Å². The van der Waals surface area contributed by atoms with Gasteiger partial charge in [-0.15, -0.1) is 0 Å². The Hall–Kier alpha value is -3.00. The number of alkyl carbamates (subject to hydrolysis) is 1. The van der Waals surface area contributed by atoms with Gasteiger partial charge in [0.15, 0.2) is 0 Å². The topological polar surface area (TPSA) is 87.7 Å². The van der Waals surface area contributed by atoms with Gasteiger partial charge in [0.25, 0.3) is 0 Å². The van der Waals surface area contributed by atoms with Crippen molar-refractivity contribution in [1.82, 2.24) is 15.5 Å². The highest BCUT2D eigenvalue weighted by atomic mass is 32.2. The van der Waals surface area contributed by atoms with Crippen LogP contribution >= 0.6 is 11.8 Å². The van der Waals surface area contributed by atoms with Crippen LogP contribution in [-0.4, -0.2) is 53.0 Å². The first-order valence-corrected chi connectivity index (χ1v) is 15.6. The molecule has 2 atom stereocenters. The predicted octanol–water partition coefficient (Wildman–Crippen LogP) is 6.41. The molecule has 0 saturated heterocycles. The smallest absolute Gasteiger partial charge is 0.408 e. The maximum Gasteiger partial charge on any atom is 0.408 e. The third-order valence-corrected chi connectivity index (χ3v) is 7.04. The Morgan fingerprint density at radius 2 is 1.65 bits per heavy atom. The first-order valence-electron chi connectivity index (χ1n) is 14.2. The maximum atomic E-state index is 14.2. The van der Waals surface area contributed by atoms with Crippen LogP contribution in [0.5, 0.6) is 0 Å². The summed E-state index contributed by atoms with van der Waals surface area (Å²) in [5.41, 5.74) is 2.08. The Bertz CT molecular complexity index is 1050. The van der Waals surface area contributed by atoms with Crippen LogP contribution in [0.1, 0.15) is 82.5 Å². The Morgan fingerprint density at radius 3 is 2.25 bits per heavy atom.